The van der Waals surface area contributed by atoms with Crippen LogP contribution in [0.3, 0.4) is 0 Å². The Kier molecular flexibility index (Phi) is 1.69. The molecule has 0 amide bonds. The number of nitrogens with zero attached hydrogens (tertiary/aromatic N) is 1. The van der Waals surface area contributed by atoms with Gasteiger partial charge in [-0.15, -0.1) is 0 Å². The van der Waals surface area contributed by atoms with E-state index in [1.807, 2.05) is 6.07 Å². The minimum Gasteiger partial charge on any atom is -0.508 e. The normalized spacial score (nSPS) is 9.09. The molecule has 1 aromatic carbocycles. The van der Waals surface area contributed by atoms with Crippen LogP contribution in [0.5, 0.6) is 5.75 Å². The van der Waals surface area contributed by atoms with Crippen LogP contribution in [0.1, 0.15) is 11.1 Å². The number of nitrogens with two attached hydrogens (primary N) is 1. The zero-order valence-electron chi connectivity index (χ0n) is 6.13. The number of hydrogen-bond donors (Lipinski definition) is 2. The lowest BCUT2D eigenvalue weighted by molar-refractivity contribution is 0.471. The molecular formula is C8H8N2O. The molecule has 0 heterocycles. The van der Waals surface area contributed by atoms with Gasteiger partial charge in [0.25, 0.3) is 0 Å². The molecule has 1 rings (SSSR count). The van der Waals surface area contributed by atoms with Crippen LogP contribution in [-0.2, 0) is 0 Å². The van der Waals surface area contributed by atoms with Gasteiger partial charge in [0.1, 0.15) is 11.8 Å². The lowest BCUT2D eigenvalue weighted by Gasteiger charge is -2.01. The fourth-order valence-electron chi connectivity index (χ4n) is 0.816. The molecule has 0 bridgehead atoms. The van der Waals surface area contributed by atoms with Gasteiger partial charge in [-0.05, 0) is 24.6 Å². The molecule has 0 atom stereocenters. The molecule has 0 unspecified atom stereocenters. The van der Waals surface area contributed by atoms with E-state index in [0.29, 0.717) is 16.8 Å². The fraction of sp³-hybridized carbons (Fsp3) is 0.125. The Morgan fingerprint density at radius 1 is 1.55 bits per heavy atom. The average Bonchev–Trinajstić information content (AvgIpc) is 1.97. The molecule has 0 radical (unpaired) electrons. The molecular weight excluding hydrogens is 140 g/mol. The van der Waals surface area contributed by atoms with Gasteiger partial charge in [0, 0.05) is 5.69 Å². The summed E-state index contributed by atoms with van der Waals surface area (Å²) >= 11 is 0. The Balaban J connectivity index is 3.35. The molecule has 3 heteroatoms. The second kappa shape index (κ2) is 2.51. The number of aryl methyl sites for hydroxylation is 1. The van der Waals surface area contributed by atoms with E-state index in [2.05, 4.69) is 0 Å². The molecule has 1 aromatic rings. The van der Waals surface area contributed by atoms with Gasteiger partial charge in [-0.3, -0.25) is 0 Å². The number of anilines is 1. The van der Waals surface area contributed by atoms with Crippen LogP contribution < -0.4 is 5.73 Å². The monoisotopic (exact) mass is 148 g/mol. The molecule has 3 nitrogen and oxygen atoms in total. The summed E-state index contributed by atoms with van der Waals surface area (Å²) in [6.45, 7) is 1.73. The van der Waals surface area contributed by atoms with Gasteiger partial charge in [0.05, 0.1) is 5.56 Å². The van der Waals surface area contributed by atoms with Crippen molar-refractivity contribution in [3.8, 4) is 11.8 Å². The highest BCUT2D eigenvalue weighted by molar-refractivity contribution is 5.59. The Labute approximate surface area is 64.7 Å². The zero-order chi connectivity index (χ0) is 8.43. The summed E-state index contributed by atoms with van der Waals surface area (Å²) in [6, 6.07) is 4.82. The van der Waals surface area contributed by atoms with Crippen LogP contribution in [0.15, 0.2) is 12.1 Å². The van der Waals surface area contributed by atoms with Crippen LogP contribution in [0.25, 0.3) is 0 Å². The SMILES string of the molecule is Cc1cc(N)c(C#N)cc1O. The number of benzene rings is 1. The van der Waals surface area contributed by atoms with E-state index in [0.717, 1.165) is 0 Å². The van der Waals surface area contributed by atoms with Crippen LogP contribution >= 0.6 is 0 Å². The van der Waals surface area contributed by atoms with Crippen molar-refractivity contribution in [1.82, 2.24) is 0 Å². The van der Waals surface area contributed by atoms with Crippen molar-refractivity contribution in [2.75, 3.05) is 5.73 Å². The molecule has 0 saturated carbocycles. The first-order chi connectivity index (χ1) is 5.15. The number of aromatic hydroxyl groups is 1. The van der Waals surface area contributed by atoms with E-state index in [1.54, 1.807) is 13.0 Å². The third kappa shape index (κ3) is 1.24. The average molecular weight is 148 g/mol. The van der Waals surface area contributed by atoms with Gasteiger partial charge in [-0.25, -0.2) is 0 Å². The first kappa shape index (κ1) is 7.42. The highest BCUT2D eigenvalue weighted by Crippen LogP contribution is 2.22. The number of hydrogen-bond acceptors (Lipinski definition) is 3. The quantitative estimate of drug-likeness (QED) is 0.428. The minimum atomic E-state index is 0.107. The van der Waals surface area contributed by atoms with Crippen LogP contribution in [0.4, 0.5) is 5.69 Å². The van der Waals surface area contributed by atoms with Crippen LogP contribution in [0, 0.1) is 18.3 Å². The summed E-state index contributed by atoms with van der Waals surface area (Å²) < 4.78 is 0. The second-order valence-electron chi connectivity index (χ2n) is 2.34. The second-order valence-corrected chi connectivity index (χ2v) is 2.34. The summed E-state index contributed by atoms with van der Waals surface area (Å²) in [5.74, 6) is 0.107. The maximum Gasteiger partial charge on any atom is 0.119 e. The summed E-state index contributed by atoms with van der Waals surface area (Å²) in [5, 5.41) is 17.6. The summed E-state index contributed by atoms with van der Waals surface area (Å²) in [7, 11) is 0. The zero-order valence-corrected chi connectivity index (χ0v) is 6.13. The highest BCUT2D eigenvalue weighted by atomic mass is 16.3. The smallest absolute Gasteiger partial charge is 0.119 e. The van der Waals surface area contributed by atoms with Crippen molar-refractivity contribution in [3.63, 3.8) is 0 Å². The third-order valence-electron chi connectivity index (χ3n) is 1.49. The number of nitriles is 1. The van der Waals surface area contributed by atoms with Crippen molar-refractivity contribution >= 4 is 5.69 Å². The van der Waals surface area contributed by atoms with Gasteiger partial charge in [-0.2, -0.15) is 5.26 Å². The predicted octanol–water partition coefficient (Wildman–Crippen LogP) is 1.15. The predicted molar refractivity (Wildman–Crippen MR) is 42.0 cm³/mol. The van der Waals surface area contributed by atoms with Gasteiger partial charge in [0.15, 0.2) is 0 Å². The molecule has 11 heavy (non-hydrogen) atoms. The Bertz CT molecular complexity index is 326. The van der Waals surface area contributed by atoms with Crippen molar-refractivity contribution in [2.45, 2.75) is 6.92 Å². The number of phenols is 1. The molecule has 0 spiro atoms. The van der Waals surface area contributed by atoms with Gasteiger partial charge < -0.3 is 10.8 Å². The van der Waals surface area contributed by atoms with E-state index in [-0.39, 0.29) is 5.75 Å². The first-order valence-electron chi connectivity index (χ1n) is 3.14. The lowest BCUT2D eigenvalue weighted by atomic mass is 10.1. The van der Waals surface area contributed by atoms with Crippen LogP contribution in [0.2, 0.25) is 0 Å². The van der Waals surface area contributed by atoms with Gasteiger partial charge in [-0.1, -0.05) is 0 Å². The highest BCUT2D eigenvalue weighted by Gasteiger charge is 2.01. The minimum absolute atomic E-state index is 0.107. The lowest BCUT2D eigenvalue weighted by Crippen LogP contribution is -1.90. The molecule has 0 fully saturated rings. The van der Waals surface area contributed by atoms with E-state index in [9.17, 15) is 0 Å². The first-order valence-corrected chi connectivity index (χ1v) is 3.14. The van der Waals surface area contributed by atoms with Crippen molar-refractivity contribution in [2.24, 2.45) is 0 Å². The standard InChI is InChI=1S/C8H8N2O/c1-5-2-7(10)6(4-9)3-8(5)11/h2-3,11H,10H2,1H3. The largest absolute Gasteiger partial charge is 0.508 e. The third-order valence-corrected chi connectivity index (χ3v) is 1.49. The number of nitrogen functional groups attached to an aromatic ring is 1. The van der Waals surface area contributed by atoms with E-state index in [1.165, 1.54) is 6.07 Å². The number of rotatable bonds is 0. The summed E-state index contributed by atoms with van der Waals surface area (Å²) in [5.41, 5.74) is 6.87. The molecule has 0 aliphatic carbocycles. The van der Waals surface area contributed by atoms with Crippen molar-refractivity contribution in [3.05, 3.63) is 23.3 Å². The molecule has 3 N–H and O–H groups in total. The van der Waals surface area contributed by atoms with Crippen molar-refractivity contribution < 1.29 is 5.11 Å². The van der Waals surface area contributed by atoms with Gasteiger partial charge in [0.2, 0.25) is 0 Å². The van der Waals surface area contributed by atoms with E-state index < -0.39 is 0 Å². The Morgan fingerprint density at radius 3 is 2.73 bits per heavy atom. The van der Waals surface area contributed by atoms with Gasteiger partial charge >= 0.3 is 0 Å². The molecule has 56 valence electrons. The molecule has 0 aliphatic heterocycles. The molecule has 0 aliphatic rings. The van der Waals surface area contributed by atoms with Crippen LogP contribution in [-0.4, -0.2) is 5.11 Å². The maximum atomic E-state index is 9.15. The number of phenolic OH excluding ortho intramolecular Hbond substituents is 1. The molecule has 0 aromatic heterocycles. The van der Waals surface area contributed by atoms with E-state index >= 15 is 0 Å². The topological polar surface area (TPSA) is 70.0 Å². The maximum absolute atomic E-state index is 9.15. The summed E-state index contributed by atoms with van der Waals surface area (Å²) in [4.78, 5) is 0. The fourth-order valence-corrected chi connectivity index (χ4v) is 0.816. The Hall–Kier alpha value is -1.69. The van der Waals surface area contributed by atoms with E-state index in [4.69, 9.17) is 16.1 Å². The Morgan fingerprint density at radius 2 is 2.18 bits per heavy atom. The van der Waals surface area contributed by atoms with Crippen molar-refractivity contribution in [1.29, 1.82) is 5.26 Å². The molecule has 0 saturated heterocycles. The summed E-state index contributed by atoms with van der Waals surface area (Å²) in [6.07, 6.45) is 0.